The molecule has 5 aromatic carbocycles. The lowest BCUT2D eigenvalue weighted by Gasteiger charge is -2.18. The van der Waals surface area contributed by atoms with Gasteiger partial charge in [0.15, 0.2) is 0 Å². The maximum absolute atomic E-state index is 10.7. The number of rotatable bonds is 3. The van der Waals surface area contributed by atoms with Gasteiger partial charge in [-0.1, -0.05) is 66.7 Å². The van der Waals surface area contributed by atoms with E-state index in [-0.39, 0.29) is 0 Å². The molecule has 4 nitrogen and oxygen atoms in total. The molecule has 8 aromatic rings. The summed E-state index contributed by atoms with van der Waals surface area (Å²) in [5.74, 6) is 0. The van der Waals surface area contributed by atoms with Crippen LogP contribution in [0.1, 0.15) is 16.7 Å². The Labute approximate surface area is 243 Å². The molecule has 0 aliphatic heterocycles. The van der Waals surface area contributed by atoms with Crippen molar-refractivity contribution in [3.8, 4) is 28.6 Å². The van der Waals surface area contributed by atoms with E-state index in [1.165, 1.54) is 32.7 Å². The molecule has 0 N–H and O–H groups in total. The predicted molar refractivity (Wildman–Crippen MR) is 173 cm³/mol. The summed E-state index contributed by atoms with van der Waals surface area (Å²) in [5.41, 5.74) is 11.2. The lowest BCUT2D eigenvalue weighted by Crippen LogP contribution is -2.04. The molecule has 0 saturated heterocycles. The Bertz CT molecular complexity index is 2380. The summed E-state index contributed by atoms with van der Waals surface area (Å²) < 4.78 is 4.55. The van der Waals surface area contributed by atoms with Crippen LogP contribution >= 0.6 is 0 Å². The van der Waals surface area contributed by atoms with Crippen LogP contribution < -0.4 is 0 Å². The van der Waals surface area contributed by atoms with Crippen molar-refractivity contribution in [1.82, 2.24) is 14.1 Å². The van der Waals surface area contributed by atoms with Gasteiger partial charge in [0.1, 0.15) is 6.07 Å². The van der Waals surface area contributed by atoms with E-state index >= 15 is 0 Å². The lowest BCUT2D eigenvalue weighted by atomic mass is 10.0. The van der Waals surface area contributed by atoms with Gasteiger partial charge >= 0.3 is 0 Å². The second kappa shape index (κ2) is 9.19. The second-order valence-corrected chi connectivity index (χ2v) is 11.0. The quantitative estimate of drug-likeness (QED) is 0.225. The van der Waals surface area contributed by atoms with Crippen LogP contribution in [0.4, 0.5) is 0 Å². The number of hydrogen-bond acceptors (Lipinski definition) is 2. The Morgan fingerprint density at radius 1 is 0.571 bits per heavy atom. The first-order valence-electron chi connectivity index (χ1n) is 14.1. The van der Waals surface area contributed by atoms with Crippen molar-refractivity contribution in [2.75, 3.05) is 0 Å². The molecule has 0 unspecified atom stereocenters. The van der Waals surface area contributed by atoms with Crippen LogP contribution in [-0.4, -0.2) is 14.1 Å². The highest BCUT2D eigenvalue weighted by molar-refractivity contribution is 6.11. The number of pyridine rings is 1. The summed E-state index contributed by atoms with van der Waals surface area (Å²) >= 11 is 0. The predicted octanol–water partition coefficient (Wildman–Crippen LogP) is 9.43. The van der Waals surface area contributed by atoms with Gasteiger partial charge < -0.3 is 9.13 Å². The molecule has 0 amide bonds. The van der Waals surface area contributed by atoms with Gasteiger partial charge in [0.2, 0.25) is 0 Å². The Hall–Kier alpha value is -5.66. The highest BCUT2D eigenvalue weighted by Gasteiger charge is 2.21. The fourth-order valence-electron chi connectivity index (χ4n) is 6.47. The van der Waals surface area contributed by atoms with E-state index in [4.69, 9.17) is 0 Å². The van der Waals surface area contributed by atoms with E-state index in [1.54, 1.807) is 6.20 Å². The average molecular weight is 539 g/mol. The van der Waals surface area contributed by atoms with Crippen LogP contribution in [-0.2, 0) is 0 Å². The molecular formula is C38H26N4. The monoisotopic (exact) mass is 538 g/mol. The minimum absolute atomic E-state index is 0.611. The van der Waals surface area contributed by atoms with Crippen molar-refractivity contribution in [3.05, 3.63) is 138 Å². The second-order valence-electron chi connectivity index (χ2n) is 11.0. The van der Waals surface area contributed by atoms with E-state index in [9.17, 15) is 5.26 Å². The molecule has 0 aliphatic carbocycles. The molecule has 0 fully saturated rings. The van der Waals surface area contributed by atoms with Crippen LogP contribution in [0.2, 0.25) is 0 Å². The maximum atomic E-state index is 10.7. The molecule has 0 spiro atoms. The van der Waals surface area contributed by atoms with Crippen LogP contribution in [0.5, 0.6) is 0 Å². The molecule has 4 heteroatoms. The first kappa shape index (κ1) is 24.2. The number of benzene rings is 5. The van der Waals surface area contributed by atoms with Gasteiger partial charge in [-0.15, -0.1) is 0 Å². The normalized spacial score (nSPS) is 11.5. The van der Waals surface area contributed by atoms with Crippen LogP contribution in [0, 0.1) is 25.2 Å². The van der Waals surface area contributed by atoms with Gasteiger partial charge in [-0.3, -0.25) is 4.98 Å². The number of para-hydroxylation sites is 2. The zero-order valence-electron chi connectivity index (χ0n) is 23.3. The number of nitrogens with zero attached hydrogens (tertiary/aromatic N) is 4. The van der Waals surface area contributed by atoms with Crippen molar-refractivity contribution in [1.29, 1.82) is 5.26 Å². The van der Waals surface area contributed by atoms with Crippen molar-refractivity contribution in [2.24, 2.45) is 0 Å². The van der Waals surface area contributed by atoms with E-state index in [0.29, 0.717) is 5.56 Å². The van der Waals surface area contributed by atoms with Crippen LogP contribution in [0.25, 0.3) is 66.1 Å². The molecule has 3 aromatic heterocycles. The SMILES string of the molecule is Cc1ccc2c3ccccc3n(-c3cc(-c4cccnc4)c(-n4c5ccccc5c5ccc(C)cc54)cc3C#N)c2c1. The first-order chi connectivity index (χ1) is 20.6. The minimum atomic E-state index is 0.611. The standard InChI is InChI=1S/C38H26N4/c1-24-13-15-30-28-9-3-5-11-33(28)41(36(30)18-24)35-21-32(26-8-7-17-40-23-26)38(20-27(35)22-39)42-34-12-6-4-10-29(34)31-16-14-25(2)19-37(31)42/h3-21,23H,1-2H3. The molecule has 0 bridgehead atoms. The number of aromatic nitrogens is 3. The zero-order chi connectivity index (χ0) is 28.4. The van der Waals surface area contributed by atoms with Crippen molar-refractivity contribution in [2.45, 2.75) is 13.8 Å². The molecule has 0 saturated carbocycles. The van der Waals surface area contributed by atoms with Crippen molar-refractivity contribution in [3.63, 3.8) is 0 Å². The van der Waals surface area contributed by atoms with E-state index < -0.39 is 0 Å². The zero-order valence-corrected chi connectivity index (χ0v) is 23.3. The summed E-state index contributed by atoms with van der Waals surface area (Å²) in [5, 5.41) is 15.4. The summed E-state index contributed by atoms with van der Waals surface area (Å²) in [6, 6.07) is 40.9. The fraction of sp³-hybridized carbons (Fsp3) is 0.0526. The molecule has 0 atom stereocenters. The minimum Gasteiger partial charge on any atom is -0.309 e. The maximum Gasteiger partial charge on any atom is 0.101 e. The molecule has 0 radical (unpaired) electrons. The van der Waals surface area contributed by atoms with Gasteiger partial charge in [0, 0.05) is 45.1 Å². The van der Waals surface area contributed by atoms with Crippen LogP contribution in [0.15, 0.2) is 122 Å². The first-order valence-corrected chi connectivity index (χ1v) is 14.1. The molecule has 8 rings (SSSR count). The number of aryl methyl sites for hydroxylation is 2. The van der Waals surface area contributed by atoms with Gasteiger partial charge in [-0.05, 0) is 67.4 Å². The summed E-state index contributed by atoms with van der Waals surface area (Å²) in [4.78, 5) is 4.49. The van der Waals surface area contributed by atoms with Crippen molar-refractivity contribution >= 4 is 43.6 Å². The van der Waals surface area contributed by atoms with Gasteiger partial charge in [0.05, 0.1) is 39.0 Å². The Morgan fingerprint density at radius 2 is 1.14 bits per heavy atom. The van der Waals surface area contributed by atoms with Crippen molar-refractivity contribution < 1.29 is 0 Å². The highest BCUT2D eigenvalue weighted by atomic mass is 15.0. The third-order valence-electron chi connectivity index (χ3n) is 8.35. The summed E-state index contributed by atoms with van der Waals surface area (Å²) in [7, 11) is 0. The van der Waals surface area contributed by atoms with E-state index in [1.807, 2.05) is 12.3 Å². The van der Waals surface area contributed by atoms with Gasteiger partial charge in [-0.2, -0.15) is 5.26 Å². The Balaban J connectivity index is 1.54. The Morgan fingerprint density at radius 3 is 1.71 bits per heavy atom. The largest absolute Gasteiger partial charge is 0.309 e. The fourth-order valence-corrected chi connectivity index (χ4v) is 6.47. The van der Waals surface area contributed by atoms with Gasteiger partial charge in [0.25, 0.3) is 0 Å². The highest BCUT2D eigenvalue weighted by Crippen LogP contribution is 2.40. The Kier molecular flexibility index (Phi) is 5.29. The van der Waals surface area contributed by atoms with Crippen LogP contribution in [0.3, 0.4) is 0 Å². The van der Waals surface area contributed by atoms with Gasteiger partial charge in [-0.25, -0.2) is 0 Å². The number of nitriles is 1. The molecule has 198 valence electrons. The summed E-state index contributed by atoms with van der Waals surface area (Å²) in [6.45, 7) is 4.23. The third kappa shape index (κ3) is 3.51. The summed E-state index contributed by atoms with van der Waals surface area (Å²) in [6.07, 6.45) is 3.71. The molecular weight excluding hydrogens is 512 g/mol. The lowest BCUT2D eigenvalue weighted by molar-refractivity contribution is 1.13. The van der Waals surface area contributed by atoms with E-state index in [2.05, 4.69) is 137 Å². The number of hydrogen-bond donors (Lipinski definition) is 0. The third-order valence-corrected chi connectivity index (χ3v) is 8.35. The van der Waals surface area contributed by atoms with E-state index in [0.717, 1.165) is 44.6 Å². The molecule has 42 heavy (non-hydrogen) atoms. The number of fused-ring (bicyclic) bond motifs is 6. The average Bonchev–Trinajstić information content (AvgIpc) is 3.52. The smallest absolute Gasteiger partial charge is 0.101 e. The molecule has 0 aliphatic rings. The topological polar surface area (TPSA) is 46.5 Å². The molecule has 3 heterocycles.